The minimum absolute atomic E-state index is 0.245. The van der Waals surface area contributed by atoms with Crippen LogP contribution in [0.5, 0.6) is 5.75 Å². The van der Waals surface area contributed by atoms with E-state index in [4.69, 9.17) is 4.74 Å². The number of carbonyl (C=O) groups excluding carboxylic acids is 1. The number of esters is 1. The number of para-hydroxylation sites is 1. The number of benzene rings is 2. The van der Waals surface area contributed by atoms with Gasteiger partial charge in [0.15, 0.2) is 0 Å². The van der Waals surface area contributed by atoms with E-state index in [1.165, 1.54) is 44.9 Å². The minimum Gasteiger partial charge on any atom is -0.426 e. The molecule has 0 bridgehead atoms. The second kappa shape index (κ2) is 13.5. The molecule has 4 heteroatoms. The summed E-state index contributed by atoms with van der Waals surface area (Å²) in [5, 5.41) is 13.0. The topological polar surface area (TPSA) is 58.9 Å². The van der Waals surface area contributed by atoms with E-state index in [0.29, 0.717) is 23.4 Å². The Kier molecular flexibility index (Phi) is 10.6. The molecule has 0 aliphatic carbocycles. The third-order valence-corrected chi connectivity index (χ3v) is 5.00. The zero-order valence-electron chi connectivity index (χ0n) is 17.5. The number of carbonyl (C=O) groups is 1. The molecular weight excluding hydrogens is 362 g/mol. The molecule has 4 nitrogen and oxygen atoms in total. The lowest BCUT2D eigenvalue weighted by Crippen LogP contribution is -2.12. The van der Waals surface area contributed by atoms with Gasteiger partial charge in [-0.2, -0.15) is 0 Å². The Balaban J connectivity index is 1.81. The quantitative estimate of drug-likeness (QED) is 0.102. The van der Waals surface area contributed by atoms with Crippen molar-refractivity contribution in [1.29, 1.82) is 0 Å². The van der Waals surface area contributed by atoms with Crippen LogP contribution in [-0.4, -0.2) is 16.9 Å². The fraction of sp³-hybridized carbons (Fsp3) is 0.440. The van der Waals surface area contributed by atoms with Crippen LogP contribution in [0.2, 0.25) is 0 Å². The predicted octanol–water partition coefficient (Wildman–Crippen LogP) is 6.74. The zero-order chi connectivity index (χ0) is 20.7. The normalized spacial score (nSPS) is 11.4. The Labute approximate surface area is 174 Å². The highest BCUT2D eigenvalue weighted by molar-refractivity contribution is 6.14. The first kappa shape index (κ1) is 22.7. The molecule has 2 aromatic carbocycles. The lowest BCUT2D eigenvalue weighted by atomic mass is 10.0. The molecule has 0 amide bonds. The van der Waals surface area contributed by atoms with Gasteiger partial charge in [-0.1, -0.05) is 106 Å². The van der Waals surface area contributed by atoms with Gasteiger partial charge in [0.1, 0.15) is 11.5 Å². The first-order valence-corrected chi connectivity index (χ1v) is 10.8. The highest BCUT2D eigenvalue weighted by Crippen LogP contribution is 2.23. The Morgan fingerprint density at radius 3 is 2.07 bits per heavy atom. The summed E-state index contributed by atoms with van der Waals surface area (Å²) in [6.45, 7) is 2.23. The maximum atomic E-state index is 12.3. The van der Waals surface area contributed by atoms with Gasteiger partial charge in [0.2, 0.25) is 0 Å². The SMILES string of the molecule is CCCCCCCCCCCC(=O)Oc1ccccc1C(=NO)c1ccccc1. The van der Waals surface area contributed by atoms with Crippen molar-refractivity contribution in [2.75, 3.05) is 0 Å². The molecule has 156 valence electrons. The summed E-state index contributed by atoms with van der Waals surface area (Å²) in [6, 6.07) is 16.5. The zero-order valence-corrected chi connectivity index (χ0v) is 17.5. The number of hydrogen-bond donors (Lipinski definition) is 1. The third kappa shape index (κ3) is 8.10. The van der Waals surface area contributed by atoms with Gasteiger partial charge in [0.25, 0.3) is 0 Å². The van der Waals surface area contributed by atoms with E-state index in [1.54, 1.807) is 12.1 Å². The maximum Gasteiger partial charge on any atom is 0.311 e. The summed E-state index contributed by atoms with van der Waals surface area (Å²) < 4.78 is 5.59. The average Bonchev–Trinajstić information content (AvgIpc) is 2.75. The average molecular weight is 396 g/mol. The predicted molar refractivity (Wildman–Crippen MR) is 118 cm³/mol. The molecule has 0 aliphatic rings. The standard InChI is InChI=1S/C25H33NO3/c1-2-3-4-5-6-7-8-9-13-20-24(27)29-23-19-15-14-18-22(23)25(26-28)21-16-11-10-12-17-21/h10-12,14-19,28H,2-9,13,20H2,1H3. The number of rotatable bonds is 13. The van der Waals surface area contributed by atoms with Crippen LogP contribution in [0.3, 0.4) is 0 Å². The fourth-order valence-corrected chi connectivity index (χ4v) is 3.37. The molecule has 0 aromatic heterocycles. The number of hydrogen-bond acceptors (Lipinski definition) is 4. The molecule has 0 fully saturated rings. The number of nitrogens with zero attached hydrogens (tertiary/aromatic N) is 1. The van der Waals surface area contributed by atoms with Crippen LogP contribution in [0.4, 0.5) is 0 Å². The first-order valence-electron chi connectivity index (χ1n) is 10.8. The Hall–Kier alpha value is -2.62. The lowest BCUT2D eigenvalue weighted by Gasteiger charge is -2.11. The largest absolute Gasteiger partial charge is 0.426 e. The highest BCUT2D eigenvalue weighted by Gasteiger charge is 2.15. The summed E-state index contributed by atoms with van der Waals surface area (Å²) in [7, 11) is 0. The van der Waals surface area contributed by atoms with Gasteiger partial charge in [-0.15, -0.1) is 0 Å². The van der Waals surface area contributed by atoms with Crippen LogP contribution in [0.1, 0.15) is 82.3 Å². The highest BCUT2D eigenvalue weighted by atomic mass is 16.5. The van der Waals surface area contributed by atoms with Crippen molar-refractivity contribution in [3.63, 3.8) is 0 Å². The second-order valence-electron chi connectivity index (χ2n) is 7.36. The van der Waals surface area contributed by atoms with Gasteiger partial charge in [-0.05, 0) is 18.6 Å². The van der Waals surface area contributed by atoms with Crippen molar-refractivity contribution in [2.45, 2.75) is 71.1 Å². The van der Waals surface area contributed by atoms with Crippen molar-refractivity contribution >= 4 is 11.7 Å². The molecule has 0 saturated carbocycles. The van der Waals surface area contributed by atoms with Gasteiger partial charge < -0.3 is 9.94 Å². The smallest absolute Gasteiger partial charge is 0.311 e. The Morgan fingerprint density at radius 1 is 0.828 bits per heavy atom. The molecule has 0 heterocycles. The van der Waals surface area contributed by atoms with E-state index in [-0.39, 0.29) is 5.97 Å². The Bertz CT molecular complexity index is 756. The van der Waals surface area contributed by atoms with Crippen LogP contribution < -0.4 is 4.74 Å². The van der Waals surface area contributed by atoms with Gasteiger partial charge in [0.05, 0.1) is 0 Å². The van der Waals surface area contributed by atoms with Crippen LogP contribution in [0, 0.1) is 0 Å². The van der Waals surface area contributed by atoms with Crippen molar-refractivity contribution in [3.8, 4) is 5.75 Å². The summed E-state index contributed by atoms with van der Waals surface area (Å²) in [5.74, 6) is 0.177. The molecule has 2 aromatic rings. The van der Waals surface area contributed by atoms with E-state index in [1.807, 2.05) is 42.5 Å². The molecule has 0 saturated heterocycles. The van der Waals surface area contributed by atoms with Gasteiger partial charge in [-0.3, -0.25) is 4.79 Å². The summed E-state index contributed by atoms with van der Waals surface area (Å²) in [5.41, 5.74) is 1.75. The van der Waals surface area contributed by atoms with E-state index in [9.17, 15) is 10.0 Å². The molecule has 0 aliphatic heterocycles. The van der Waals surface area contributed by atoms with E-state index in [2.05, 4.69) is 12.1 Å². The van der Waals surface area contributed by atoms with Gasteiger partial charge in [0, 0.05) is 17.5 Å². The van der Waals surface area contributed by atoms with Crippen molar-refractivity contribution < 1.29 is 14.7 Å². The van der Waals surface area contributed by atoms with Crippen LogP contribution in [0.15, 0.2) is 59.8 Å². The van der Waals surface area contributed by atoms with E-state index in [0.717, 1.165) is 18.4 Å². The molecule has 2 rings (SSSR count). The summed E-state index contributed by atoms with van der Waals surface area (Å²) in [4.78, 5) is 12.3. The number of ether oxygens (including phenoxy) is 1. The fourth-order valence-electron chi connectivity index (χ4n) is 3.37. The molecule has 0 spiro atoms. The van der Waals surface area contributed by atoms with Crippen molar-refractivity contribution in [3.05, 3.63) is 65.7 Å². The van der Waals surface area contributed by atoms with E-state index >= 15 is 0 Å². The molecule has 0 atom stereocenters. The molecule has 0 radical (unpaired) electrons. The lowest BCUT2D eigenvalue weighted by molar-refractivity contribution is -0.134. The van der Waals surface area contributed by atoms with Crippen LogP contribution in [0.25, 0.3) is 0 Å². The van der Waals surface area contributed by atoms with E-state index < -0.39 is 0 Å². The van der Waals surface area contributed by atoms with Crippen LogP contribution in [-0.2, 0) is 4.79 Å². The van der Waals surface area contributed by atoms with Crippen molar-refractivity contribution in [1.82, 2.24) is 0 Å². The molecule has 1 N–H and O–H groups in total. The maximum absolute atomic E-state index is 12.3. The monoisotopic (exact) mass is 395 g/mol. The van der Waals surface area contributed by atoms with Crippen molar-refractivity contribution in [2.24, 2.45) is 5.16 Å². The van der Waals surface area contributed by atoms with Crippen LogP contribution >= 0.6 is 0 Å². The molecule has 29 heavy (non-hydrogen) atoms. The molecule has 0 unspecified atom stereocenters. The summed E-state index contributed by atoms with van der Waals surface area (Å²) in [6.07, 6.45) is 11.3. The molecular formula is C25H33NO3. The first-order chi connectivity index (χ1) is 14.3. The third-order valence-electron chi connectivity index (χ3n) is 5.00. The minimum atomic E-state index is -0.245. The Morgan fingerprint density at radius 2 is 1.41 bits per heavy atom. The second-order valence-corrected chi connectivity index (χ2v) is 7.36. The summed E-state index contributed by atoms with van der Waals surface area (Å²) >= 11 is 0. The number of unbranched alkanes of at least 4 members (excludes halogenated alkanes) is 8. The van der Waals surface area contributed by atoms with Gasteiger partial charge in [-0.25, -0.2) is 0 Å². The van der Waals surface area contributed by atoms with Gasteiger partial charge >= 0.3 is 5.97 Å². The number of oxime groups is 1.